The third-order valence-electron chi connectivity index (χ3n) is 4.47. The van der Waals surface area contributed by atoms with Gasteiger partial charge in [0.05, 0.1) is 6.04 Å². The summed E-state index contributed by atoms with van der Waals surface area (Å²) in [6.07, 6.45) is 2.56. The maximum Gasteiger partial charge on any atom is 0.256 e. The number of hydrogen-bond acceptors (Lipinski definition) is 4. The van der Waals surface area contributed by atoms with Crippen LogP contribution in [0.1, 0.15) is 23.5 Å². The van der Waals surface area contributed by atoms with Crippen molar-refractivity contribution >= 4 is 5.91 Å². The Morgan fingerprint density at radius 2 is 2.00 bits per heavy atom. The molecule has 3 rings (SSSR count). The van der Waals surface area contributed by atoms with Gasteiger partial charge in [0, 0.05) is 39.1 Å². The number of imidazole rings is 1. The van der Waals surface area contributed by atoms with Crippen LogP contribution in [-0.2, 0) is 11.8 Å². The predicted molar refractivity (Wildman–Crippen MR) is 86.6 cm³/mol. The molecule has 1 N–H and O–H groups in total. The molecule has 1 aliphatic rings. The molecule has 2 heterocycles. The minimum atomic E-state index is -1.11. The van der Waals surface area contributed by atoms with Gasteiger partial charge in [0.25, 0.3) is 5.91 Å². The van der Waals surface area contributed by atoms with E-state index in [0.717, 1.165) is 12.4 Å². The molecule has 0 bridgehead atoms. The van der Waals surface area contributed by atoms with E-state index in [1.165, 1.54) is 0 Å². The molecule has 0 spiro atoms. The highest BCUT2D eigenvalue weighted by Gasteiger charge is 2.33. The van der Waals surface area contributed by atoms with E-state index < -0.39 is 6.10 Å². The van der Waals surface area contributed by atoms with Gasteiger partial charge in [-0.2, -0.15) is 0 Å². The van der Waals surface area contributed by atoms with Gasteiger partial charge >= 0.3 is 0 Å². The Morgan fingerprint density at radius 3 is 2.65 bits per heavy atom. The number of hydrogen-bond donors (Lipinski definition) is 1. The Morgan fingerprint density at radius 1 is 1.26 bits per heavy atom. The van der Waals surface area contributed by atoms with Crippen LogP contribution in [0.3, 0.4) is 0 Å². The lowest BCUT2D eigenvalue weighted by molar-refractivity contribution is -0.143. The van der Waals surface area contributed by atoms with Gasteiger partial charge in [-0.3, -0.25) is 9.69 Å². The molecule has 2 atom stereocenters. The van der Waals surface area contributed by atoms with Crippen molar-refractivity contribution in [2.24, 2.45) is 7.05 Å². The number of benzene rings is 1. The van der Waals surface area contributed by atoms with Crippen LogP contribution in [0.25, 0.3) is 0 Å². The van der Waals surface area contributed by atoms with Crippen LogP contribution in [0.5, 0.6) is 0 Å². The van der Waals surface area contributed by atoms with Gasteiger partial charge in [-0.1, -0.05) is 30.3 Å². The molecule has 23 heavy (non-hydrogen) atoms. The molecule has 1 aromatic heterocycles. The fraction of sp³-hybridized carbons (Fsp3) is 0.412. The van der Waals surface area contributed by atoms with Crippen LogP contribution < -0.4 is 0 Å². The summed E-state index contributed by atoms with van der Waals surface area (Å²) in [5, 5.41) is 10.4. The summed E-state index contributed by atoms with van der Waals surface area (Å²) in [4.78, 5) is 21.0. The first-order valence-electron chi connectivity index (χ1n) is 7.77. The number of aromatic nitrogens is 2. The molecule has 6 heteroatoms. The molecular weight excluding hydrogens is 292 g/mol. The predicted octanol–water partition coefficient (Wildman–Crippen LogP) is 0.969. The molecule has 1 amide bonds. The number of nitrogens with zero attached hydrogens (tertiary/aromatic N) is 4. The van der Waals surface area contributed by atoms with E-state index in [1.807, 2.05) is 43.1 Å². The number of amides is 1. The molecule has 2 aromatic rings. The van der Waals surface area contributed by atoms with Crippen LogP contribution >= 0.6 is 0 Å². The summed E-state index contributed by atoms with van der Waals surface area (Å²) in [7, 11) is 3.99. The van der Waals surface area contributed by atoms with E-state index in [0.29, 0.717) is 18.7 Å². The number of aliphatic hydroxyl groups excluding tert-OH is 1. The zero-order chi connectivity index (χ0) is 16.4. The first kappa shape index (κ1) is 15.7. The Balaban J connectivity index is 1.76. The van der Waals surface area contributed by atoms with Gasteiger partial charge in [-0.15, -0.1) is 0 Å². The molecule has 1 saturated heterocycles. The van der Waals surface area contributed by atoms with Crippen LogP contribution in [0.15, 0.2) is 42.7 Å². The first-order valence-corrected chi connectivity index (χ1v) is 7.77. The van der Waals surface area contributed by atoms with Crippen LogP contribution in [-0.4, -0.2) is 57.0 Å². The van der Waals surface area contributed by atoms with Crippen LogP contribution in [0, 0.1) is 0 Å². The van der Waals surface area contributed by atoms with Crippen molar-refractivity contribution < 1.29 is 9.90 Å². The summed E-state index contributed by atoms with van der Waals surface area (Å²) in [5.74, 6) is 0.683. The smallest absolute Gasteiger partial charge is 0.256 e. The van der Waals surface area contributed by atoms with Crippen molar-refractivity contribution in [1.29, 1.82) is 0 Å². The molecule has 122 valence electrons. The topological polar surface area (TPSA) is 61.6 Å². The molecule has 0 radical (unpaired) electrons. The summed E-state index contributed by atoms with van der Waals surface area (Å²) in [6.45, 7) is 1.90. The summed E-state index contributed by atoms with van der Waals surface area (Å²) in [5.41, 5.74) is 0.630. The Hall–Kier alpha value is -2.18. The fourth-order valence-electron chi connectivity index (χ4n) is 3.00. The molecule has 0 aliphatic carbocycles. The summed E-state index contributed by atoms with van der Waals surface area (Å²) in [6, 6.07) is 9.10. The van der Waals surface area contributed by atoms with E-state index in [2.05, 4.69) is 9.88 Å². The zero-order valence-electron chi connectivity index (χ0n) is 13.5. The highest BCUT2D eigenvalue weighted by Crippen LogP contribution is 2.25. The maximum absolute atomic E-state index is 12.6. The Bertz CT molecular complexity index is 670. The molecule has 1 fully saturated rings. The van der Waals surface area contributed by atoms with Gasteiger partial charge in [-0.05, 0) is 12.6 Å². The number of aryl methyl sites for hydroxylation is 1. The lowest BCUT2D eigenvalue weighted by atomic mass is 10.1. The largest absolute Gasteiger partial charge is 0.378 e. The minimum Gasteiger partial charge on any atom is -0.378 e. The van der Waals surface area contributed by atoms with Gasteiger partial charge in [0.15, 0.2) is 6.10 Å². The molecule has 0 unspecified atom stereocenters. The van der Waals surface area contributed by atoms with Crippen molar-refractivity contribution in [2.75, 3.05) is 26.7 Å². The average molecular weight is 314 g/mol. The minimum absolute atomic E-state index is 0.0377. The second kappa shape index (κ2) is 6.52. The highest BCUT2D eigenvalue weighted by molar-refractivity contribution is 5.82. The average Bonchev–Trinajstić information content (AvgIpc) is 3.00. The molecule has 0 saturated carbocycles. The monoisotopic (exact) mass is 314 g/mol. The Kier molecular flexibility index (Phi) is 4.45. The van der Waals surface area contributed by atoms with Gasteiger partial charge in [0.1, 0.15) is 5.82 Å². The van der Waals surface area contributed by atoms with Crippen LogP contribution in [0.2, 0.25) is 0 Å². The number of carbonyl (C=O) groups excluding carboxylic acids is 1. The van der Waals surface area contributed by atoms with E-state index >= 15 is 0 Å². The first-order chi connectivity index (χ1) is 11.1. The molecule has 1 aromatic carbocycles. The lowest BCUT2D eigenvalue weighted by Crippen LogP contribution is -2.50. The second-order valence-corrected chi connectivity index (χ2v) is 5.99. The second-order valence-electron chi connectivity index (χ2n) is 5.99. The lowest BCUT2D eigenvalue weighted by Gasteiger charge is -2.39. The quantitative estimate of drug-likeness (QED) is 0.917. The van der Waals surface area contributed by atoms with Crippen LogP contribution in [0.4, 0.5) is 0 Å². The number of aliphatic hydroxyl groups is 1. The normalized spacial score (nSPS) is 20.5. The van der Waals surface area contributed by atoms with E-state index in [1.54, 1.807) is 23.2 Å². The van der Waals surface area contributed by atoms with Crippen molar-refractivity contribution in [2.45, 2.75) is 12.1 Å². The standard InChI is InChI=1S/C17H22N4O2/c1-19-10-11-21(12-14(19)16-18-8-9-20(16)2)17(23)15(22)13-6-4-3-5-7-13/h3-9,14-15,22H,10-12H2,1-2H3/t14-,15+/m1/s1. The molecular formula is C17H22N4O2. The fourth-order valence-corrected chi connectivity index (χ4v) is 3.00. The summed E-state index contributed by atoms with van der Waals surface area (Å²) >= 11 is 0. The van der Waals surface area contributed by atoms with E-state index in [-0.39, 0.29) is 11.9 Å². The van der Waals surface area contributed by atoms with Gasteiger partial charge in [0.2, 0.25) is 0 Å². The third kappa shape index (κ3) is 3.13. The van der Waals surface area contributed by atoms with Crippen molar-refractivity contribution in [3.63, 3.8) is 0 Å². The molecule has 1 aliphatic heterocycles. The van der Waals surface area contributed by atoms with E-state index in [9.17, 15) is 9.90 Å². The highest BCUT2D eigenvalue weighted by atomic mass is 16.3. The van der Waals surface area contributed by atoms with Gasteiger partial charge < -0.3 is 14.6 Å². The molecule has 6 nitrogen and oxygen atoms in total. The van der Waals surface area contributed by atoms with Gasteiger partial charge in [-0.25, -0.2) is 4.98 Å². The van der Waals surface area contributed by atoms with Crippen molar-refractivity contribution in [3.05, 3.63) is 54.1 Å². The zero-order valence-corrected chi connectivity index (χ0v) is 13.5. The number of carbonyl (C=O) groups is 1. The third-order valence-corrected chi connectivity index (χ3v) is 4.47. The number of rotatable bonds is 3. The maximum atomic E-state index is 12.6. The SMILES string of the molecule is CN1CCN(C(=O)[C@@H](O)c2ccccc2)C[C@@H]1c1nccn1C. The Labute approximate surface area is 136 Å². The summed E-state index contributed by atoms with van der Waals surface area (Å²) < 4.78 is 1.97. The number of piperazine rings is 1. The number of likely N-dealkylation sites (N-methyl/N-ethyl adjacent to an activating group) is 1. The van der Waals surface area contributed by atoms with E-state index in [4.69, 9.17) is 0 Å². The van der Waals surface area contributed by atoms with Crippen molar-refractivity contribution in [1.82, 2.24) is 19.4 Å². The van der Waals surface area contributed by atoms with Crippen molar-refractivity contribution in [3.8, 4) is 0 Å².